The number of carbonyl (C=O) groups excluding carboxylic acids is 1. The van der Waals surface area contributed by atoms with Crippen molar-refractivity contribution in [2.45, 2.75) is 19.4 Å². The minimum absolute atomic E-state index is 0.0764. The van der Waals surface area contributed by atoms with Crippen LogP contribution in [0, 0.1) is 0 Å². The lowest BCUT2D eigenvalue weighted by Gasteiger charge is -2.09. The van der Waals surface area contributed by atoms with E-state index in [4.69, 9.17) is 4.74 Å². The summed E-state index contributed by atoms with van der Waals surface area (Å²) in [5.41, 5.74) is 0. The smallest absolute Gasteiger partial charge is 0.293 e. The molecule has 0 aromatic carbocycles. The Kier molecular flexibility index (Phi) is 5.21. The van der Waals surface area contributed by atoms with E-state index in [1.165, 1.54) is 0 Å². The molecule has 1 atom stereocenters. The highest BCUT2D eigenvalue weighted by Gasteiger charge is 2.03. The lowest BCUT2D eigenvalue weighted by atomic mass is 10.3. The first-order valence-electron chi connectivity index (χ1n) is 2.93. The molecule has 0 aromatic heterocycles. The molecule has 0 fully saturated rings. The molecule has 0 amide bonds. The number of ether oxygens (including phenoxy) is 2. The zero-order chi connectivity index (χ0) is 7.11. The number of hydrogen-bond acceptors (Lipinski definition) is 3. The van der Waals surface area contributed by atoms with Crippen LogP contribution in [0.2, 0.25) is 0 Å². The molecular formula is C6H12O3. The van der Waals surface area contributed by atoms with E-state index >= 15 is 0 Å². The van der Waals surface area contributed by atoms with Gasteiger partial charge in [0.25, 0.3) is 6.47 Å². The molecule has 0 N–H and O–H groups in total. The Morgan fingerprint density at radius 1 is 1.67 bits per heavy atom. The Hall–Kier alpha value is -0.570. The van der Waals surface area contributed by atoms with Crippen LogP contribution in [0.3, 0.4) is 0 Å². The molecular weight excluding hydrogens is 120 g/mol. The molecule has 9 heavy (non-hydrogen) atoms. The fourth-order valence-electron chi connectivity index (χ4n) is 0.518. The van der Waals surface area contributed by atoms with Gasteiger partial charge in [0.05, 0.1) is 6.61 Å². The summed E-state index contributed by atoms with van der Waals surface area (Å²) in [6, 6.07) is 0. The van der Waals surface area contributed by atoms with Gasteiger partial charge in [0, 0.05) is 7.11 Å². The molecule has 0 rings (SSSR count). The molecule has 0 aromatic rings. The van der Waals surface area contributed by atoms with E-state index < -0.39 is 0 Å². The quantitative estimate of drug-likeness (QED) is 0.513. The molecule has 1 unspecified atom stereocenters. The first-order chi connectivity index (χ1) is 4.35. The summed E-state index contributed by atoms with van der Waals surface area (Å²) in [6.07, 6.45) is 0.722. The second kappa shape index (κ2) is 5.56. The van der Waals surface area contributed by atoms with Gasteiger partial charge in [0.2, 0.25) is 0 Å². The van der Waals surface area contributed by atoms with Crippen LogP contribution in [0.4, 0.5) is 0 Å². The summed E-state index contributed by atoms with van der Waals surface area (Å²) in [5, 5.41) is 0. The Morgan fingerprint density at radius 3 is 2.67 bits per heavy atom. The molecule has 0 saturated heterocycles. The zero-order valence-electron chi connectivity index (χ0n) is 5.79. The average molecular weight is 132 g/mol. The van der Waals surface area contributed by atoms with Crippen molar-refractivity contribution < 1.29 is 14.3 Å². The highest BCUT2D eigenvalue weighted by molar-refractivity contribution is 5.37. The van der Waals surface area contributed by atoms with E-state index in [9.17, 15) is 4.79 Å². The number of carbonyl (C=O) groups is 1. The van der Waals surface area contributed by atoms with Crippen LogP contribution < -0.4 is 0 Å². The molecule has 0 spiro atoms. The fraction of sp³-hybridized carbons (Fsp3) is 0.833. The Bertz CT molecular complexity index is 72.7. The highest BCUT2D eigenvalue weighted by atomic mass is 16.6. The van der Waals surface area contributed by atoms with Crippen LogP contribution in [0.1, 0.15) is 13.3 Å². The van der Waals surface area contributed by atoms with Gasteiger partial charge >= 0.3 is 0 Å². The van der Waals surface area contributed by atoms with Gasteiger partial charge in [-0.1, -0.05) is 6.92 Å². The number of hydrogen-bond donors (Lipinski definition) is 0. The third kappa shape index (κ3) is 3.97. The molecule has 0 bridgehead atoms. The molecule has 0 aliphatic rings. The van der Waals surface area contributed by atoms with E-state index in [1.54, 1.807) is 7.11 Å². The van der Waals surface area contributed by atoms with Crippen molar-refractivity contribution in [3.8, 4) is 0 Å². The first-order valence-corrected chi connectivity index (χ1v) is 2.93. The number of rotatable bonds is 5. The maximum atomic E-state index is 9.77. The Balaban J connectivity index is 3.28. The van der Waals surface area contributed by atoms with E-state index in [0.717, 1.165) is 6.42 Å². The minimum atomic E-state index is -0.0764. The van der Waals surface area contributed by atoms with Crippen molar-refractivity contribution in [3.63, 3.8) is 0 Å². The maximum Gasteiger partial charge on any atom is 0.293 e. The van der Waals surface area contributed by atoms with Crippen LogP contribution in [0.25, 0.3) is 0 Å². The summed E-state index contributed by atoms with van der Waals surface area (Å²) in [7, 11) is 1.58. The van der Waals surface area contributed by atoms with Gasteiger partial charge in [0.1, 0.15) is 6.10 Å². The summed E-state index contributed by atoms with van der Waals surface area (Å²) in [6.45, 7) is 2.87. The van der Waals surface area contributed by atoms with Gasteiger partial charge < -0.3 is 9.47 Å². The van der Waals surface area contributed by atoms with E-state index in [2.05, 4.69) is 4.74 Å². The average Bonchev–Trinajstić information content (AvgIpc) is 1.88. The standard InChI is InChI=1S/C6H12O3/c1-3-6(4-8-2)9-5-7/h5-6H,3-4H2,1-2H3. The van der Waals surface area contributed by atoms with Crippen molar-refractivity contribution in [1.29, 1.82) is 0 Å². The third-order valence-electron chi connectivity index (χ3n) is 1.06. The Morgan fingerprint density at radius 2 is 2.33 bits per heavy atom. The molecule has 3 heteroatoms. The van der Waals surface area contributed by atoms with Crippen LogP contribution in [-0.4, -0.2) is 26.3 Å². The molecule has 0 saturated carbocycles. The van der Waals surface area contributed by atoms with Gasteiger partial charge in [0.15, 0.2) is 0 Å². The molecule has 0 aliphatic heterocycles. The highest BCUT2D eigenvalue weighted by Crippen LogP contribution is 1.94. The predicted molar refractivity (Wildman–Crippen MR) is 33.1 cm³/mol. The second-order valence-corrected chi connectivity index (χ2v) is 1.72. The van der Waals surface area contributed by atoms with Gasteiger partial charge in [-0.15, -0.1) is 0 Å². The molecule has 3 nitrogen and oxygen atoms in total. The third-order valence-corrected chi connectivity index (χ3v) is 1.06. The minimum Gasteiger partial charge on any atom is -0.462 e. The van der Waals surface area contributed by atoms with Gasteiger partial charge in [-0.2, -0.15) is 0 Å². The van der Waals surface area contributed by atoms with Crippen LogP contribution in [-0.2, 0) is 14.3 Å². The van der Waals surface area contributed by atoms with E-state index in [-0.39, 0.29) is 6.10 Å². The topological polar surface area (TPSA) is 35.5 Å². The van der Waals surface area contributed by atoms with Gasteiger partial charge in [-0.05, 0) is 6.42 Å². The lowest BCUT2D eigenvalue weighted by molar-refractivity contribution is -0.136. The SMILES string of the molecule is CCC(COC)OC=O. The zero-order valence-corrected chi connectivity index (χ0v) is 5.79. The predicted octanol–water partition coefficient (Wildman–Crippen LogP) is 0.584. The molecule has 54 valence electrons. The summed E-state index contributed by atoms with van der Waals surface area (Å²) in [4.78, 5) is 9.77. The fourth-order valence-corrected chi connectivity index (χ4v) is 0.518. The van der Waals surface area contributed by atoms with E-state index in [0.29, 0.717) is 13.1 Å². The normalized spacial score (nSPS) is 12.7. The largest absolute Gasteiger partial charge is 0.462 e. The summed E-state index contributed by atoms with van der Waals surface area (Å²) in [5.74, 6) is 0. The lowest BCUT2D eigenvalue weighted by Crippen LogP contribution is -2.16. The first kappa shape index (κ1) is 8.43. The van der Waals surface area contributed by atoms with Gasteiger partial charge in [-0.3, -0.25) is 4.79 Å². The van der Waals surface area contributed by atoms with E-state index in [1.807, 2.05) is 6.92 Å². The number of methoxy groups -OCH3 is 1. The Labute approximate surface area is 55.0 Å². The van der Waals surface area contributed by atoms with Crippen molar-refractivity contribution in [3.05, 3.63) is 0 Å². The monoisotopic (exact) mass is 132 g/mol. The molecule has 0 aliphatic carbocycles. The van der Waals surface area contributed by atoms with Crippen LogP contribution in [0.15, 0.2) is 0 Å². The summed E-state index contributed by atoms with van der Waals surface area (Å²) >= 11 is 0. The maximum absolute atomic E-state index is 9.77. The van der Waals surface area contributed by atoms with Crippen LogP contribution >= 0.6 is 0 Å². The van der Waals surface area contributed by atoms with Crippen molar-refractivity contribution >= 4 is 6.47 Å². The van der Waals surface area contributed by atoms with Crippen molar-refractivity contribution in [1.82, 2.24) is 0 Å². The van der Waals surface area contributed by atoms with Crippen molar-refractivity contribution in [2.75, 3.05) is 13.7 Å². The molecule has 0 heterocycles. The molecule has 0 radical (unpaired) electrons. The second-order valence-electron chi connectivity index (χ2n) is 1.72. The van der Waals surface area contributed by atoms with Gasteiger partial charge in [-0.25, -0.2) is 0 Å². The summed E-state index contributed by atoms with van der Waals surface area (Å²) < 4.78 is 9.39. The van der Waals surface area contributed by atoms with Crippen LogP contribution in [0.5, 0.6) is 0 Å². The van der Waals surface area contributed by atoms with Crippen molar-refractivity contribution in [2.24, 2.45) is 0 Å².